The number of nitro groups is 1. The minimum absolute atomic E-state index is 0.0144. The van der Waals surface area contributed by atoms with Crippen LogP contribution in [0.5, 0.6) is 0 Å². The molecule has 10 heteroatoms. The van der Waals surface area contributed by atoms with Crippen LogP contribution in [0.2, 0.25) is 0 Å². The number of aldehydes is 1. The zero-order valence-electron chi connectivity index (χ0n) is 21.3. The number of carbonyl (C=O) groups is 3. The van der Waals surface area contributed by atoms with Crippen molar-refractivity contribution in [2.75, 3.05) is 13.2 Å². The van der Waals surface area contributed by atoms with Gasteiger partial charge >= 0.3 is 11.9 Å². The SMILES string of the molecule is CCOC(=O)C(C(=O)OCC)[C@H](c1ccc([N+](=O)[O-])cc1)[C@@H](C=O)ON1C(C)(C)CCCC1(C)C. The molecule has 0 N–H and O–H groups in total. The van der Waals surface area contributed by atoms with Crippen molar-refractivity contribution in [3.63, 3.8) is 0 Å². The molecule has 1 saturated heterocycles. The van der Waals surface area contributed by atoms with Crippen molar-refractivity contribution in [3.8, 4) is 0 Å². The number of carbonyl (C=O) groups excluding carboxylic acids is 3. The summed E-state index contributed by atoms with van der Waals surface area (Å²) in [6.45, 7) is 11.3. The largest absolute Gasteiger partial charge is 0.465 e. The Bertz CT molecular complexity index is 879. The van der Waals surface area contributed by atoms with Gasteiger partial charge in [-0.05, 0) is 66.4 Å². The van der Waals surface area contributed by atoms with Gasteiger partial charge in [0.2, 0.25) is 0 Å². The first-order valence-electron chi connectivity index (χ1n) is 11.9. The summed E-state index contributed by atoms with van der Waals surface area (Å²) in [5.41, 5.74) is -0.677. The van der Waals surface area contributed by atoms with Crippen LogP contribution in [0.3, 0.4) is 0 Å². The van der Waals surface area contributed by atoms with Crippen LogP contribution in [0.15, 0.2) is 24.3 Å². The van der Waals surface area contributed by atoms with Crippen molar-refractivity contribution in [2.24, 2.45) is 5.92 Å². The van der Waals surface area contributed by atoms with Crippen LogP contribution in [0.1, 0.15) is 72.3 Å². The monoisotopic (exact) mass is 492 g/mol. The van der Waals surface area contributed by atoms with Gasteiger partial charge in [0.15, 0.2) is 12.2 Å². The van der Waals surface area contributed by atoms with Crippen LogP contribution in [0.4, 0.5) is 5.69 Å². The third-order valence-corrected chi connectivity index (χ3v) is 6.32. The second kappa shape index (κ2) is 11.7. The highest BCUT2D eigenvalue weighted by atomic mass is 16.7. The number of rotatable bonds is 11. The molecule has 0 aromatic heterocycles. The minimum atomic E-state index is -1.51. The first-order valence-corrected chi connectivity index (χ1v) is 11.9. The fourth-order valence-electron chi connectivity index (χ4n) is 4.80. The maximum Gasteiger partial charge on any atom is 0.321 e. The van der Waals surface area contributed by atoms with E-state index in [0.717, 1.165) is 19.3 Å². The second-order valence-corrected chi connectivity index (χ2v) is 9.84. The number of hydrogen-bond acceptors (Lipinski definition) is 9. The highest BCUT2D eigenvalue weighted by Gasteiger charge is 2.48. The maximum atomic E-state index is 13.0. The van der Waals surface area contributed by atoms with E-state index in [2.05, 4.69) is 0 Å². The van der Waals surface area contributed by atoms with Crippen molar-refractivity contribution in [1.82, 2.24) is 5.06 Å². The fraction of sp³-hybridized carbons (Fsp3) is 0.640. The van der Waals surface area contributed by atoms with E-state index < -0.39 is 45.9 Å². The van der Waals surface area contributed by atoms with Crippen molar-refractivity contribution >= 4 is 23.9 Å². The van der Waals surface area contributed by atoms with Gasteiger partial charge in [-0.25, -0.2) is 0 Å². The van der Waals surface area contributed by atoms with E-state index in [-0.39, 0.29) is 18.9 Å². The van der Waals surface area contributed by atoms with Gasteiger partial charge in [0, 0.05) is 29.1 Å². The Morgan fingerprint density at radius 1 is 1.03 bits per heavy atom. The van der Waals surface area contributed by atoms with Gasteiger partial charge in [-0.3, -0.25) is 24.5 Å². The molecular weight excluding hydrogens is 456 g/mol. The van der Waals surface area contributed by atoms with Crippen LogP contribution in [-0.2, 0) is 28.7 Å². The molecule has 35 heavy (non-hydrogen) atoms. The van der Waals surface area contributed by atoms with Gasteiger partial charge in [0.05, 0.1) is 18.1 Å². The van der Waals surface area contributed by atoms with Crippen LogP contribution in [0.25, 0.3) is 0 Å². The second-order valence-electron chi connectivity index (χ2n) is 9.84. The normalized spacial score (nSPS) is 18.9. The van der Waals surface area contributed by atoms with Gasteiger partial charge < -0.3 is 14.3 Å². The summed E-state index contributed by atoms with van der Waals surface area (Å²) in [5, 5.41) is 12.9. The highest BCUT2D eigenvalue weighted by Crippen LogP contribution is 2.41. The van der Waals surface area contributed by atoms with E-state index in [0.29, 0.717) is 11.8 Å². The molecule has 1 fully saturated rings. The maximum absolute atomic E-state index is 13.0. The first-order chi connectivity index (χ1) is 16.4. The number of non-ortho nitro benzene ring substituents is 1. The van der Waals surface area contributed by atoms with Crippen LogP contribution < -0.4 is 0 Å². The molecule has 1 heterocycles. The third kappa shape index (κ3) is 6.64. The van der Waals surface area contributed by atoms with Crippen molar-refractivity contribution in [3.05, 3.63) is 39.9 Å². The number of esters is 2. The topological polar surface area (TPSA) is 125 Å². The number of nitrogens with zero attached hydrogens (tertiary/aromatic N) is 2. The highest BCUT2D eigenvalue weighted by molar-refractivity contribution is 5.96. The Labute approximate surface area is 206 Å². The van der Waals surface area contributed by atoms with E-state index >= 15 is 0 Å². The fourth-order valence-corrected chi connectivity index (χ4v) is 4.80. The first kappa shape index (κ1) is 28.4. The summed E-state index contributed by atoms with van der Waals surface area (Å²) in [4.78, 5) is 55.4. The minimum Gasteiger partial charge on any atom is -0.465 e. The average Bonchev–Trinajstić information content (AvgIpc) is 2.77. The molecular formula is C25H36N2O8. The molecule has 0 saturated carbocycles. The van der Waals surface area contributed by atoms with Gasteiger partial charge in [-0.2, -0.15) is 5.06 Å². The van der Waals surface area contributed by atoms with Crippen molar-refractivity contribution in [2.45, 2.75) is 83.9 Å². The molecule has 0 amide bonds. The van der Waals surface area contributed by atoms with Crippen LogP contribution >= 0.6 is 0 Å². The van der Waals surface area contributed by atoms with Gasteiger partial charge in [0.1, 0.15) is 6.10 Å². The molecule has 194 valence electrons. The van der Waals surface area contributed by atoms with Crippen LogP contribution in [0, 0.1) is 16.0 Å². The lowest BCUT2D eigenvalue weighted by Crippen LogP contribution is -2.60. The lowest BCUT2D eigenvalue weighted by Gasteiger charge is -2.52. The van der Waals surface area contributed by atoms with E-state index in [1.54, 1.807) is 18.9 Å². The number of nitro benzene ring substituents is 1. The summed E-state index contributed by atoms with van der Waals surface area (Å²) in [6.07, 6.45) is 1.91. The van der Waals surface area contributed by atoms with Crippen molar-refractivity contribution < 1.29 is 33.6 Å². The molecule has 0 unspecified atom stereocenters. The summed E-state index contributed by atoms with van der Waals surface area (Å²) < 4.78 is 10.3. The Hall–Kier alpha value is -2.85. The molecule has 0 aliphatic carbocycles. The Balaban J connectivity index is 2.62. The van der Waals surface area contributed by atoms with Gasteiger partial charge in [-0.15, -0.1) is 0 Å². The lowest BCUT2D eigenvalue weighted by atomic mass is 9.80. The predicted octanol–water partition coefficient (Wildman–Crippen LogP) is 3.96. The number of hydrogen-bond donors (Lipinski definition) is 0. The molecule has 2 rings (SSSR count). The lowest BCUT2D eigenvalue weighted by molar-refractivity contribution is -0.384. The van der Waals surface area contributed by atoms with Gasteiger partial charge in [0.25, 0.3) is 5.69 Å². The smallest absolute Gasteiger partial charge is 0.321 e. The molecule has 1 aromatic rings. The number of piperidine rings is 1. The molecule has 0 bridgehead atoms. The third-order valence-electron chi connectivity index (χ3n) is 6.32. The van der Waals surface area contributed by atoms with E-state index in [1.165, 1.54) is 24.3 Å². The predicted molar refractivity (Wildman–Crippen MR) is 127 cm³/mol. The number of ether oxygens (including phenoxy) is 2. The molecule has 10 nitrogen and oxygen atoms in total. The standard InChI is InChI=1S/C25H36N2O8/c1-7-33-22(29)21(23(30)34-8-2)20(17-10-12-18(13-11-17)26(31)32)19(16-28)35-27-24(3,4)14-9-15-25(27,5)6/h10-13,16,19-21H,7-9,14-15H2,1-6H3/t19-,20-/m1/s1. The molecule has 2 atom stereocenters. The number of hydroxylamine groups is 2. The molecule has 1 aromatic carbocycles. The summed E-state index contributed by atoms with van der Waals surface area (Å²) in [5.74, 6) is -4.37. The molecule has 0 spiro atoms. The molecule has 1 aliphatic rings. The average molecular weight is 493 g/mol. The summed E-state index contributed by atoms with van der Waals surface area (Å²) >= 11 is 0. The molecule has 0 radical (unpaired) electrons. The van der Waals surface area contributed by atoms with Crippen LogP contribution in [-0.4, -0.2) is 58.6 Å². The summed E-state index contributed by atoms with van der Waals surface area (Å²) in [6, 6.07) is 5.35. The zero-order chi connectivity index (χ0) is 26.4. The Kier molecular flexibility index (Phi) is 9.51. The number of benzene rings is 1. The Morgan fingerprint density at radius 2 is 1.51 bits per heavy atom. The van der Waals surface area contributed by atoms with E-state index in [1.807, 2.05) is 27.7 Å². The van der Waals surface area contributed by atoms with E-state index in [9.17, 15) is 24.5 Å². The van der Waals surface area contributed by atoms with Crippen molar-refractivity contribution in [1.29, 1.82) is 0 Å². The van der Waals surface area contributed by atoms with E-state index in [4.69, 9.17) is 14.3 Å². The van der Waals surface area contributed by atoms with Gasteiger partial charge in [-0.1, -0.05) is 12.1 Å². The zero-order valence-corrected chi connectivity index (χ0v) is 21.3. The Morgan fingerprint density at radius 3 is 1.91 bits per heavy atom. The molecule has 1 aliphatic heterocycles. The quantitative estimate of drug-likeness (QED) is 0.148. The summed E-state index contributed by atoms with van der Waals surface area (Å²) in [7, 11) is 0.